The van der Waals surface area contributed by atoms with Crippen molar-refractivity contribution in [1.82, 2.24) is 9.88 Å². The third kappa shape index (κ3) is 5.18. The van der Waals surface area contributed by atoms with Gasteiger partial charge in [0.2, 0.25) is 5.88 Å². The lowest BCUT2D eigenvalue weighted by molar-refractivity contribution is 0.122. The molecule has 1 aromatic heterocycles. The monoisotopic (exact) mass is 464 g/mol. The zero-order chi connectivity index (χ0) is 23.5. The maximum Gasteiger partial charge on any atom is 0.322 e. The zero-order valence-electron chi connectivity index (χ0n) is 19.7. The van der Waals surface area contributed by atoms with E-state index >= 15 is 0 Å². The van der Waals surface area contributed by atoms with E-state index in [0.717, 1.165) is 60.8 Å². The first-order valence-corrected chi connectivity index (χ1v) is 12.1. The number of hydrogen-bond acceptors (Lipinski definition) is 6. The number of amides is 2. The molecule has 3 fully saturated rings. The molecule has 180 valence electrons. The second-order valence-electron chi connectivity index (χ2n) is 9.06. The molecule has 1 saturated carbocycles. The Morgan fingerprint density at radius 1 is 1.12 bits per heavy atom. The fourth-order valence-corrected chi connectivity index (χ4v) is 4.58. The van der Waals surface area contributed by atoms with Crippen LogP contribution in [0.5, 0.6) is 5.88 Å². The number of pyridine rings is 1. The third-order valence-electron chi connectivity index (χ3n) is 6.62. The molecule has 8 heteroatoms. The fraction of sp³-hybridized carbons (Fsp3) is 0.462. The lowest BCUT2D eigenvalue weighted by atomic mass is 10.0. The number of carbonyl (C=O) groups is 1. The Hall–Kier alpha value is -3.10. The second kappa shape index (κ2) is 10.0. The van der Waals surface area contributed by atoms with E-state index in [9.17, 15) is 9.90 Å². The summed E-state index contributed by atoms with van der Waals surface area (Å²) >= 11 is 0. The van der Waals surface area contributed by atoms with Crippen LogP contribution >= 0.6 is 0 Å². The molecule has 3 heterocycles. The molecule has 8 nitrogen and oxygen atoms in total. The molecule has 0 unspecified atom stereocenters. The van der Waals surface area contributed by atoms with Crippen LogP contribution in [-0.2, 0) is 4.74 Å². The number of carbonyl (C=O) groups excluding carboxylic acids is 1. The van der Waals surface area contributed by atoms with E-state index in [2.05, 4.69) is 28.2 Å². The van der Waals surface area contributed by atoms with Gasteiger partial charge in [0.1, 0.15) is 12.4 Å². The van der Waals surface area contributed by atoms with Gasteiger partial charge < -0.3 is 29.7 Å². The first-order valence-electron chi connectivity index (χ1n) is 12.1. The van der Waals surface area contributed by atoms with Gasteiger partial charge >= 0.3 is 6.03 Å². The number of likely N-dealkylation sites (tertiary alicyclic amines) is 1. The highest BCUT2D eigenvalue weighted by atomic mass is 16.5. The first-order chi connectivity index (χ1) is 16.6. The highest BCUT2D eigenvalue weighted by Gasteiger charge is 2.27. The number of anilines is 2. The number of hydrogen-bond donors (Lipinski definition) is 2. The van der Waals surface area contributed by atoms with Gasteiger partial charge in [-0.3, -0.25) is 0 Å². The van der Waals surface area contributed by atoms with E-state index < -0.39 is 0 Å². The third-order valence-corrected chi connectivity index (χ3v) is 6.62. The number of urea groups is 1. The smallest absolute Gasteiger partial charge is 0.322 e. The number of morpholine rings is 1. The number of aryl methyl sites for hydroxylation is 1. The lowest BCUT2D eigenvalue weighted by Crippen LogP contribution is -2.36. The van der Waals surface area contributed by atoms with E-state index in [-0.39, 0.29) is 19.2 Å². The summed E-state index contributed by atoms with van der Waals surface area (Å²) in [6, 6.07) is 9.87. The molecule has 2 aliphatic heterocycles. The number of rotatable bonds is 6. The molecular formula is C26H32N4O4. The predicted molar refractivity (Wildman–Crippen MR) is 131 cm³/mol. The molecule has 1 aliphatic carbocycles. The summed E-state index contributed by atoms with van der Waals surface area (Å²) < 4.78 is 11.2. The van der Waals surface area contributed by atoms with Gasteiger partial charge in [0.25, 0.3) is 0 Å². The Bertz CT molecular complexity index is 1090. The molecule has 0 spiro atoms. The average molecular weight is 465 g/mol. The topological polar surface area (TPSA) is 87.2 Å². The Labute approximate surface area is 200 Å². The van der Waals surface area contributed by atoms with Crippen LogP contribution in [0.3, 0.4) is 0 Å². The van der Waals surface area contributed by atoms with Crippen LogP contribution in [0.1, 0.15) is 24.8 Å². The average Bonchev–Trinajstić information content (AvgIpc) is 3.60. The standard InChI is InChI=1S/C26H32N4O4/c1-18-2-5-22(27-26(32)30-7-6-20(17-30)19-3-4-19)16-23(18)21-14-24(29-8-11-33-12-9-29)28-25(15-21)34-13-10-31/h2,5,14-16,31H,3-4,6-13,17H2,1H3,(H,27,32). The van der Waals surface area contributed by atoms with Gasteiger partial charge in [0.05, 0.1) is 19.8 Å². The number of aromatic nitrogens is 1. The second-order valence-corrected chi connectivity index (χ2v) is 9.06. The minimum atomic E-state index is -0.0752. The number of nitrogens with zero attached hydrogens (tertiary/aromatic N) is 3. The summed E-state index contributed by atoms with van der Waals surface area (Å²) in [4.78, 5) is 21.6. The molecule has 0 atom stereocenters. The number of nitrogens with one attached hydrogen (secondary N) is 1. The molecule has 5 rings (SSSR count). The predicted octanol–water partition coefficient (Wildman–Crippen LogP) is 3.59. The van der Waals surface area contributed by atoms with Crippen molar-refractivity contribution in [2.45, 2.75) is 26.2 Å². The van der Waals surface area contributed by atoms with Crippen LogP contribution in [0.25, 0.3) is 11.1 Å². The van der Waals surface area contributed by atoms with E-state index in [1.807, 2.05) is 29.2 Å². The summed E-state index contributed by atoms with van der Waals surface area (Å²) in [7, 11) is 0. The molecule has 2 N–H and O–H groups in total. The van der Waals surface area contributed by atoms with Crippen molar-refractivity contribution in [1.29, 1.82) is 0 Å². The van der Waals surface area contributed by atoms with Crippen LogP contribution in [0, 0.1) is 6.92 Å². The highest BCUT2D eigenvalue weighted by molar-refractivity contribution is 5.91. The van der Waals surface area contributed by atoms with Crippen molar-refractivity contribution in [3.8, 4) is 17.0 Å². The molecule has 2 saturated heterocycles. The lowest BCUT2D eigenvalue weighted by Gasteiger charge is -2.28. The first kappa shape index (κ1) is 22.7. The maximum atomic E-state index is 12.9. The Morgan fingerprint density at radius 3 is 2.71 bits per heavy atom. The van der Waals surface area contributed by atoms with E-state index in [1.165, 1.54) is 18.4 Å². The Kier molecular flexibility index (Phi) is 6.69. The molecule has 0 bridgehead atoms. The van der Waals surface area contributed by atoms with Gasteiger partial charge in [0.15, 0.2) is 0 Å². The molecule has 34 heavy (non-hydrogen) atoms. The van der Waals surface area contributed by atoms with Gasteiger partial charge in [-0.25, -0.2) is 4.79 Å². The van der Waals surface area contributed by atoms with Gasteiger partial charge in [-0.05, 0) is 66.6 Å². The van der Waals surface area contributed by atoms with Crippen molar-refractivity contribution in [2.75, 3.05) is 62.8 Å². The van der Waals surface area contributed by atoms with Crippen LogP contribution in [-0.4, -0.2) is 73.6 Å². The molecule has 2 aromatic rings. The van der Waals surface area contributed by atoms with Crippen molar-refractivity contribution < 1.29 is 19.4 Å². The summed E-state index contributed by atoms with van der Waals surface area (Å²) in [5.74, 6) is 1.29. The van der Waals surface area contributed by atoms with Crippen LogP contribution in [0.15, 0.2) is 41.5 Å². The molecule has 1 aromatic carbocycles. The highest BCUT2D eigenvalue weighted by Crippen LogP contribution is 2.36. The number of ether oxygens (including phenoxy) is 2. The molecule has 2 amide bonds. The maximum absolute atomic E-state index is 12.9. The largest absolute Gasteiger partial charge is 0.475 e. The molecule has 3 aliphatic rings. The number of allylic oxidation sites excluding steroid dienone is 1. The van der Waals surface area contributed by atoms with Crippen molar-refractivity contribution in [3.63, 3.8) is 0 Å². The van der Waals surface area contributed by atoms with Gasteiger partial charge in [-0.1, -0.05) is 11.6 Å². The van der Waals surface area contributed by atoms with Crippen LogP contribution in [0.2, 0.25) is 0 Å². The summed E-state index contributed by atoms with van der Waals surface area (Å²) in [6.07, 6.45) is 3.41. The van der Waals surface area contributed by atoms with E-state index in [0.29, 0.717) is 19.1 Å². The summed E-state index contributed by atoms with van der Waals surface area (Å²) in [6.45, 7) is 6.54. The quantitative estimate of drug-likeness (QED) is 0.636. The SMILES string of the molecule is Cc1ccc(NC(=O)N2CCC(=C3CC3)C2)cc1-c1cc(OCCO)nc(N2CCOCC2)c1. The Morgan fingerprint density at radius 2 is 1.94 bits per heavy atom. The molecule has 0 radical (unpaired) electrons. The summed E-state index contributed by atoms with van der Waals surface area (Å²) in [5, 5.41) is 12.3. The molecular weight excluding hydrogens is 432 g/mol. The fourth-order valence-electron chi connectivity index (χ4n) is 4.58. The van der Waals surface area contributed by atoms with E-state index in [1.54, 1.807) is 5.57 Å². The minimum absolute atomic E-state index is 0.0539. The zero-order valence-corrected chi connectivity index (χ0v) is 19.7. The van der Waals surface area contributed by atoms with Gasteiger partial charge in [-0.15, -0.1) is 0 Å². The normalized spacial score (nSPS) is 17.8. The van der Waals surface area contributed by atoms with Crippen LogP contribution < -0.4 is 15.0 Å². The van der Waals surface area contributed by atoms with Gasteiger partial charge in [0, 0.05) is 37.9 Å². The minimum Gasteiger partial charge on any atom is -0.475 e. The van der Waals surface area contributed by atoms with Crippen LogP contribution in [0.4, 0.5) is 16.3 Å². The Balaban J connectivity index is 1.39. The number of aliphatic hydroxyl groups is 1. The van der Waals surface area contributed by atoms with Crippen molar-refractivity contribution in [3.05, 3.63) is 47.0 Å². The number of benzene rings is 1. The number of aliphatic hydroxyl groups excluding tert-OH is 1. The van der Waals surface area contributed by atoms with Crippen molar-refractivity contribution in [2.24, 2.45) is 0 Å². The van der Waals surface area contributed by atoms with E-state index in [4.69, 9.17) is 9.47 Å². The van der Waals surface area contributed by atoms with Gasteiger partial charge in [-0.2, -0.15) is 4.98 Å². The summed E-state index contributed by atoms with van der Waals surface area (Å²) in [5.41, 5.74) is 6.81. The van der Waals surface area contributed by atoms with Crippen molar-refractivity contribution >= 4 is 17.5 Å².